The molecule has 2 heterocycles. The molecular formula is C21H19F3N4O3S. The van der Waals surface area contributed by atoms with Crippen LogP contribution in [0.5, 0.6) is 0 Å². The van der Waals surface area contributed by atoms with Gasteiger partial charge in [0.1, 0.15) is 5.69 Å². The molecule has 4 rings (SSSR count). The summed E-state index contributed by atoms with van der Waals surface area (Å²) >= 11 is 0. The third-order valence-electron chi connectivity index (χ3n) is 5.19. The van der Waals surface area contributed by atoms with Crippen molar-refractivity contribution in [1.82, 2.24) is 14.7 Å². The molecule has 0 unspecified atom stereocenters. The molecule has 1 amide bonds. The van der Waals surface area contributed by atoms with Crippen LogP contribution in [0.2, 0.25) is 0 Å². The van der Waals surface area contributed by atoms with E-state index in [4.69, 9.17) is 0 Å². The molecule has 2 aromatic carbocycles. The number of fused-ring (bicyclic) bond motifs is 1. The SMILES string of the molecule is C=CC(=O)N1CC(n2nc(-c3ccc(C(F)(F)F)cc3)c3cc(NS(C)(=O)=O)ccc32)C1. The largest absolute Gasteiger partial charge is 0.416 e. The van der Waals surface area contributed by atoms with Crippen molar-refractivity contribution < 1.29 is 26.4 Å². The molecule has 1 aromatic heterocycles. The van der Waals surface area contributed by atoms with E-state index in [9.17, 15) is 26.4 Å². The monoisotopic (exact) mass is 464 g/mol. The van der Waals surface area contributed by atoms with Gasteiger partial charge >= 0.3 is 6.18 Å². The molecule has 0 spiro atoms. The number of halogens is 3. The predicted molar refractivity (Wildman–Crippen MR) is 114 cm³/mol. The van der Waals surface area contributed by atoms with Crippen molar-refractivity contribution in [2.45, 2.75) is 12.2 Å². The molecule has 0 atom stereocenters. The van der Waals surface area contributed by atoms with Gasteiger partial charge in [0.05, 0.1) is 23.4 Å². The van der Waals surface area contributed by atoms with Crippen molar-refractivity contribution >= 4 is 32.5 Å². The second kappa shape index (κ2) is 7.66. The highest BCUT2D eigenvalue weighted by atomic mass is 32.2. The van der Waals surface area contributed by atoms with Gasteiger partial charge in [0.2, 0.25) is 15.9 Å². The summed E-state index contributed by atoms with van der Waals surface area (Å²) in [6, 6.07) is 9.38. The zero-order chi connectivity index (χ0) is 23.3. The second-order valence-corrected chi connectivity index (χ2v) is 9.32. The molecule has 1 aliphatic heterocycles. The van der Waals surface area contributed by atoms with Crippen LogP contribution in [0.15, 0.2) is 55.1 Å². The summed E-state index contributed by atoms with van der Waals surface area (Å²) in [6.45, 7) is 4.30. The molecule has 0 bridgehead atoms. The van der Waals surface area contributed by atoms with Gasteiger partial charge in [-0.2, -0.15) is 18.3 Å². The van der Waals surface area contributed by atoms with E-state index in [1.54, 1.807) is 27.8 Å². The van der Waals surface area contributed by atoms with Gasteiger partial charge in [-0.1, -0.05) is 18.7 Å². The van der Waals surface area contributed by atoms with Crippen LogP contribution in [-0.2, 0) is 21.0 Å². The quantitative estimate of drug-likeness (QED) is 0.584. The fourth-order valence-electron chi connectivity index (χ4n) is 3.65. The van der Waals surface area contributed by atoms with Gasteiger partial charge in [-0.25, -0.2) is 8.42 Å². The summed E-state index contributed by atoms with van der Waals surface area (Å²) in [5.41, 5.74) is 1.08. The predicted octanol–water partition coefficient (Wildman–Crippen LogP) is 3.66. The smallest absolute Gasteiger partial charge is 0.335 e. The van der Waals surface area contributed by atoms with E-state index in [2.05, 4.69) is 16.4 Å². The van der Waals surface area contributed by atoms with Crippen molar-refractivity contribution in [3.05, 3.63) is 60.7 Å². The Balaban J connectivity index is 1.79. The molecule has 168 valence electrons. The van der Waals surface area contributed by atoms with Crippen LogP contribution < -0.4 is 4.72 Å². The summed E-state index contributed by atoms with van der Waals surface area (Å²) in [7, 11) is -3.52. The van der Waals surface area contributed by atoms with Gasteiger partial charge in [0.25, 0.3) is 0 Å². The van der Waals surface area contributed by atoms with E-state index < -0.39 is 21.8 Å². The lowest BCUT2D eigenvalue weighted by Crippen LogP contribution is -2.50. The Morgan fingerprint density at radius 3 is 2.41 bits per heavy atom. The Hall–Kier alpha value is -3.34. The molecule has 0 saturated carbocycles. The molecule has 32 heavy (non-hydrogen) atoms. The second-order valence-electron chi connectivity index (χ2n) is 7.58. The number of nitrogens with one attached hydrogen (secondary N) is 1. The molecule has 7 nitrogen and oxygen atoms in total. The Bertz CT molecular complexity index is 1310. The number of alkyl halides is 3. The number of aromatic nitrogens is 2. The average Bonchev–Trinajstić information content (AvgIpc) is 3.03. The standard InChI is InChI=1S/C21H19F3N4O3S/c1-3-19(29)27-11-16(12-27)28-18-9-8-15(26-32(2,30)31)10-17(18)20(25-28)13-4-6-14(7-5-13)21(22,23)24/h3-10,16,26H,1,11-12H2,2H3. The third kappa shape index (κ3) is 4.20. The number of benzene rings is 2. The van der Waals surface area contributed by atoms with Crippen molar-refractivity contribution in [1.29, 1.82) is 0 Å². The third-order valence-corrected chi connectivity index (χ3v) is 5.80. The lowest BCUT2D eigenvalue weighted by atomic mass is 10.0. The lowest BCUT2D eigenvalue weighted by Gasteiger charge is -2.38. The summed E-state index contributed by atoms with van der Waals surface area (Å²) in [4.78, 5) is 13.4. The van der Waals surface area contributed by atoms with Gasteiger partial charge in [0.15, 0.2) is 0 Å². The maximum absolute atomic E-state index is 13.0. The number of carbonyl (C=O) groups is 1. The molecule has 1 N–H and O–H groups in total. The van der Waals surface area contributed by atoms with Gasteiger partial charge in [0, 0.05) is 29.7 Å². The maximum atomic E-state index is 13.0. The van der Waals surface area contributed by atoms with Gasteiger partial charge < -0.3 is 4.90 Å². The zero-order valence-corrected chi connectivity index (χ0v) is 17.7. The van der Waals surface area contributed by atoms with E-state index in [1.807, 2.05) is 0 Å². The number of hydrogen-bond donors (Lipinski definition) is 1. The summed E-state index contributed by atoms with van der Waals surface area (Å²) < 4.78 is 66.3. The fourth-order valence-corrected chi connectivity index (χ4v) is 4.20. The number of amides is 1. The number of carbonyl (C=O) groups excluding carboxylic acids is 1. The van der Waals surface area contributed by atoms with E-state index in [-0.39, 0.29) is 11.9 Å². The molecular weight excluding hydrogens is 445 g/mol. The highest BCUT2D eigenvalue weighted by Crippen LogP contribution is 2.36. The minimum atomic E-state index is -4.46. The van der Waals surface area contributed by atoms with Crippen LogP contribution in [-0.4, -0.2) is 48.4 Å². The van der Waals surface area contributed by atoms with Gasteiger partial charge in [-0.3, -0.25) is 14.2 Å². The molecule has 11 heteroatoms. The normalized spacial score (nSPS) is 14.9. The van der Waals surface area contributed by atoms with E-state index in [1.165, 1.54) is 18.2 Å². The maximum Gasteiger partial charge on any atom is 0.416 e. The molecule has 0 radical (unpaired) electrons. The molecule has 1 saturated heterocycles. The topological polar surface area (TPSA) is 84.3 Å². The lowest BCUT2D eigenvalue weighted by molar-refractivity contribution is -0.137. The van der Waals surface area contributed by atoms with E-state index >= 15 is 0 Å². The number of anilines is 1. The zero-order valence-electron chi connectivity index (χ0n) is 16.9. The number of rotatable bonds is 5. The highest BCUT2D eigenvalue weighted by Gasteiger charge is 2.33. The first kappa shape index (κ1) is 21.9. The van der Waals surface area contributed by atoms with Crippen LogP contribution >= 0.6 is 0 Å². The van der Waals surface area contributed by atoms with Gasteiger partial charge in [-0.15, -0.1) is 0 Å². The number of nitrogens with zero attached hydrogens (tertiary/aromatic N) is 3. The van der Waals surface area contributed by atoms with Gasteiger partial charge in [-0.05, 0) is 36.4 Å². The Labute approximate surface area is 182 Å². The Morgan fingerprint density at radius 1 is 1.19 bits per heavy atom. The minimum Gasteiger partial charge on any atom is -0.335 e. The van der Waals surface area contributed by atoms with E-state index in [0.717, 1.165) is 18.4 Å². The van der Waals surface area contributed by atoms with Crippen molar-refractivity contribution in [2.75, 3.05) is 24.1 Å². The number of hydrogen-bond acceptors (Lipinski definition) is 4. The first-order valence-electron chi connectivity index (χ1n) is 9.55. The average molecular weight is 464 g/mol. The number of likely N-dealkylation sites (tertiary alicyclic amines) is 1. The Morgan fingerprint density at radius 2 is 1.84 bits per heavy atom. The van der Waals surface area contributed by atoms with E-state index in [0.29, 0.717) is 40.9 Å². The molecule has 1 fully saturated rings. The molecule has 3 aromatic rings. The summed E-state index contributed by atoms with van der Waals surface area (Å²) in [6.07, 6.45) is -2.20. The first-order chi connectivity index (χ1) is 15.0. The summed E-state index contributed by atoms with van der Waals surface area (Å²) in [5.74, 6) is -0.194. The fraction of sp³-hybridized carbons (Fsp3) is 0.238. The minimum absolute atomic E-state index is 0.127. The van der Waals surface area contributed by atoms with Crippen LogP contribution in [0.25, 0.3) is 22.2 Å². The van der Waals surface area contributed by atoms with Crippen LogP contribution in [0.3, 0.4) is 0 Å². The van der Waals surface area contributed by atoms with Crippen LogP contribution in [0.4, 0.5) is 18.9 Å². The van der Waals surface area contributed by atoms with Crippen molar-refractivity contribution in [3.8, 4) is 11.3 Å². The van der Waals surface area contributed by atoms with Crippen LogP contribution in [0.1, 0.15) is 11.6 Å². The summed E-state index contributed by atoms with van der Waals surface area (Å²) in [5, 5.41) is 5.20. The highest BCUT2D eigenvalue weighted by molar-refractivity contribution is 7.92. The number of sulfonamides is 1. The van der Waals surface area contributed by atoms with Crippen molar-refractivity contribution in [2.24, 2.45) is 0 Å². The first-order valence-corrected chi connectivity index (χ1v) is 11.4. The molecule has 0 aliphatic carbocycles. The Kier molecular flexibility index (Phi) is 5.24. The van der Waals surface area contributed by atoms with Crippen LogP contribution in [0, 0.1) is 0 Å². The van der Waals surface area contributed by atoms with Crippen molar-refractivity contribution in [3.63, 3.8) is 0 Å². The molecule has 1 aliphatic rings.